The number of nitrogens with zero attached hydrogens (tertiary/aromatic N) is 1. The summed E-state index contributed by atoms with van der Waals surface area (Å²) in [5.74, 6) is 0. The highest BCUT2D eigenvalue weighted by Crippen LogP contribution is 2.42. The number of ether oxygens (including phenoxy) is 1. The Bertz CT molecular complexity index is 441. The summed E-state index contributed by atoms with van der Waals surface area (Å²) in [6, 6.07) is 0. The number of rotatable bonds is 3. The van der Waals surface area contributed by atoms with Crippen LogP contribution in [0.25, 0.3) is 0 Å². The van der Waals surface area contributed by atoms with E-state index in [1.807, 2.05) is 0 Å². The molecule has 0 spiro atoms. The minimum absolute atomic E-state index is 0.281. The molecule has 2 bridgehead atoms. The molecule has 1 saturated carbocycles. The van der Waals surface area contributed by atoms with Crippen LogP contribution in [0.4, 0.5) is 0 Å². The molecule has 0 aromatic heterocycles. The lowest BCUT2D eigenvalue weighted by Gasteiger charge is -2.47. The van der Waals surface area contributed by atoms with Gasteiger partial charge in [0.2, 0.25) is 0 Å². The van der Waals surface area contributed by atoms with Gasteiger partial charge < -0.3 is 10.5 Å². The zero-order valence-electron chi connectivity index (χ0n) is 11.5. The molecular weight excluding hydrogens is 264 g/mol. The fourth-order valence-corrected chi connectivity index (χ4v) is 6.09. The van der Waals surface area contributed by atoms with E-state index in [1.54, 1.807) is 0 Å². The van der Waals surface area contributed by atoms with Gasteiger partial charge in [0.25, 0.3) is 0 Å². The number of fused-ring (bicyclic) bond motifs is 2. The monoisotopic (exact) mass is 288 g/mol. The summed E-state index contributed by atoms with van der Waals surface area (Å²) in [5.41, 5.74) is 5.70. The van der Waals surface area contributed by atoms with Gasteiger partial charge in [0.15, 0.2) is 9.84 Å². The zero-order valence-corrected chi connectivity index (χ0v) is 12.4. The second kappa shape index (κ2) is 4.69. The van der Waals surface area contributed by atoms with E-state index in [0.29, 0.717) is 6.54 Å². The van der Waals surface area contributed by atoms with Gasteiger partial charge in [0.1, 0.15) is 0 Å². The fraction of sp³-hybridized carbons (Fsp3) is 1.00. The van der Waals surface area contributed by atoms with Crippen LogP contribution in [0.15, 0.2) is 0 Å². The van der Waals surface area contributed by atoms with Crippen LogP contribution in [-0.2, 0) is 14.6 Å². The topological polar surface area (TPSA) is 72.6 Å². The molecule has 3 fully saturated rings. The Balaban J connectivity index is 1.90. The maximum absolute atomic E-state index is 12.1. The highest BCUT2D eigenvalue weighted by Gasteiger charge is 2.53. The van der Waals surface area contributed by atoms with Crippen molar-refractivity contribution in [3.63, 3.8) is 0 Å². The standard InChI is InChI=1S/C13H24N2O3S/c1-19(16,17)12-3-2-6-13(12,9-14)15-7-10-4-5-11(8-15)18-10/h10-12H,2-9,14H2,1H3. The first-order valence-electron chi connectivity index (χ1n) is 7.25. The molecule has 6 heteroatoms. The van der Waals surface area contributed by atoms with Crippen molar-refractivity contribution in [1.29, 1.82) is 0 Å². The van der Waals surface area contributed by atoms with Crippen LogP contribution >= 0.6 is 0 Å². The minimum atomic E-state index is -3.05. The predicted molar refractivity (Wildman–Crippen MR) is 73.7 cm³/mol. The van der Waals surface area contributed by atoms with Gasteiger partial charge in [-0.05, 0) is 25.7 Å². The number of sulfone groups is 1. The highest BCUT2D eigenvalue weighted by molar-refractivity contribution is 7.91. The average Bonchev–Trinajstić information content (AvgIpc) is 2.93. The van der Waals surface area contributed by atoms with E-state index >= 15 is 0 Å². The summed E-state index contributed by atoms with van der Waals surface area (Å²) >= 11 is 0. The molecule has 4 unspecified atom stereocenters. The molecular formula is C13H24N2O3S. The molecule has 4 atom stereocenters. The SMILES string of the molecule is CS(=O)(=O)C1CCCC1(CN)N1CC2CCC(C1)O2. The average molecular weight is 288 g/mol. The second-order valence-electron chi connectivity index (χ2n) is 6.38. The van der Waals surface area contributed by atoms with Crippen LogP contribution < -0.4 is 5.73 Å². The van der Waals surface area contributed by atoms with Gasteiger partial charge in [-0.3, -0.25) is 4.90 Å². The van der Waals surface area contributed by atoms with Gasteiger partial charge in [0, 0.05) is 25.9 Å². The van der Waals surface area contributed by atoms with E-state index in [0.717, 1.165) is 45.2 Å². The van der Waals surface area contributed by atoms with Crippen molar-refractivity contribution in [3.8, 4) is 0 Å². The molecule has 3 rings (SSSR count). The van der Waals surface area contributed by atoms with Crippen molar-refractivity contribution in [1.82, 2.24) is 4.90 Å². The van der Waals surface area contributed by atoms with Crippen molar-refractivity contribution in [2.24, 2.45) is 5.73 Å². The summed E-state index contributed by atoms with van der Waals surface area (Å²) < 4.78 is 30.1. The first kappa shape index (κ1) is 13.8. The minimum Gasteiger partial charge on any atom is -0.372 e. The van der Waals surface area contributed by atoms with Gasteiger partial charge in [0.05, 0.1) is 23.0 Å². The molecule has 110 valence electrons. The molecule has 5 nitrogen and oxygen atoms in total. The first-order chi connectivity index (χ1) is 8.95. The lowest BCUT2D eigenvalue weighted by atomic mass is 9.93. The maximum Gasteiger partial charge on any atom is 0.152 e. The van der Waals surface area contributed by atoms with Gasteiger partial charge in [-0.25, -0.2) is 8.42 Å². The molecule has 2 N–H and O–H groups in total. The van der Waals surface area contributed by atoms with E-state index in [4.69, 9.17) is 10.5 Å². The normalized spacial score (nSPS) is 43.8. The van der Waals surface area contributed by atoms with Crippen LogP contribution in [0.2, 0.25) is 0 Å². The van der Waals surface area contributed by atoms with Gasteiger partial charge >= 0.3 is 0 Å². The summed E-state index contributed by atoms with van der Waals surface area (Å²) in [7, 11) is -3.05. The van der Waals surface area contributed by atoms with E-state index in [1.165, 1.54) is 6.26 Å². The van der Waals surface area contributed by atoms with Crippen LogP contribution in [0.3, 0.4) is 0 Å². The van der Waals surface area contributed by atoms with Crippen LogP contribution in [0, 0.1) is 0 Å². The molecule has 2 saturated heterocycles. The number of hydrogen-bond donors (Lipinski definition) is 1. The lowest BCUT2D eigenvalue weighted by Crippen LogP contribution is -2.64. The Kier molecular flexibility index (Phi) is 3.40. The van der Waals surface area contributed by atoms with E-state index < -0.39 is 9.84 Å². The lowest BCUT2D eigenvalue weighted by molar-refractivity contribution is -0.0746. The molecule has 19 heavy (non-hydrogen) atoms. The third-order valence-electron chi connectivity index (χ3n) is 5.22. The summed E-state index contributed by atoms with van der Waals surface area (Å²) in [6.45, 7) is 2.13. The Labute approximate surface area is 115 Å². The van der Waals surface area contributed by atoms with Crippen molar-refractivity contribution < 1.29 is 13.2 Å². The largest absolute Gasteiger partial charge is 0.372 e. The summed E-state index contributed by atoms with van der Waals surface area (Å²) in [6.07, 6.45) is 6.75. The van der Waals surface area contributed by atoms with Crippen molar-refractivity contribution in [2.75, 3.05) is 25.9 Å². The molecule has 0 aromatic rings. The highest BCUT2D eigenvalue weighted by atomic mass is 32.2. The van der Waals surface area contributed by atoms with Crippen LogP contribution in [0.5, 0.6) is 0 Å². The van der Waals surface area contributed by atoms with Gasteiger partial charge in [-0.15, -0.1) is 0 Å². The smallest absolute Gasteiger partial charge is 0.152 e. The van der Waals surface area contributed by atoms with Gasteiger partial charge in [-0.2, -0.15) is 0 Å². The number of likely N-dealkylation sites (tertiary alicyclic amines) is 1. The first-order valence-corrected chi connectivity index (χ1v) is 9.20. The second-order valence-corrected chi connectivity index (χ2v) is 8.61. The third kappa shape index (κ3) is 2.22. The summed E-state index contributed by atoms with van der Waals surface area (Å²) in [4.78, 5) is 2.34. The molecule has 0 radical (unpaired) electrons. The van der Waals surface area contributed by atoms with Crippen molar-refractivity contribution >= 4 is 9.84 Å². The quantitative estimate of drug-likeness (QED) is 0.800. The molecule has 2 aliphatic heterocycles. The van der Waals surface area contributed by atoms with E-state index in [2.05, 4.69) is 4.90 Å². The summed E-state index contributed by atoms with van der Waals surface area (Å²) in [5, 5.41) is -0.303. The Morgan fingerprint density at radius 3 is 2.42 bits per heavy atom. The van der Waals surface area contributed by atoms with Crippen LogP contribution in [0.1, 0.15) is 32.1 Å². The predicted octanol–water partition coefficient (Wildman–Crippen LogP) is 0.144. The molecule has 0 aromatic carbocycles. The van der Waals surface area contributed by atoms with Crippen molar-refractivity contribution in [2.45, 2.75) is 55.1 Å². The Hall–Kier alpha value is -0.170. The number of hydrogen-bond acceptors (Lipinski definition) is 5. The van der Waals surface area contributed by atoms with Crippen LogP contribution in [-0.4, -0.2) is 62.2 Å². The molecule has 3 aliphatic rings. The molecule has 2 heterocycles. The Morgan fingerprint density at radius 1 is 1.26 bits per heavy atom. The maximum atomic E-state index is 12.1. The third-order valence-corrected chi connectivity index (χ3v) is 6.93. The molecule has 0 amide bonds. The van der Waals surface area contributed by atoms with Gasteiger partial charge in [-0.1, -0.05) is 6.42 Å². The zero-order chi connectivity index (χ0) is 13.7. The number of morpholine rings is 1. The van der Waals surface area contributed by atoms with E-state index in [9.17, 15) is 8.42 Å². The Morgan fingerprint density at radius 2 is 1.89 bits per heavy atom. The van der Waals surface area contributed by atoms with E-state index in [-0.39, 0.29) is 23.0 Å². The molecule has 1 aliphatic carbocycles. The van der Waals surface area contributed by atoms with Crippen molar-refractivity contribution in [3.05, 3.63) is 0 Å². The number of nitrogens with two attached hydrogens (primary N) is 1. The fourth-order valence-electron chi connectivity index (χ4n) is 4.34.